The van der Waals surface area contributed by atoms with Crippen molar-refractivity contribution in [2.45, 2.75) is 32.9 Å². The number of aliphatic hydroxyl groups excluding tert-OH is 1. The van der Waals surface area contributed by atoms with Gasteiger partial charge in [0, 0.05) is 5.56 Å². The fraction of sp³-hybridized carbons (Fsp3) is 0.385. The molecule has 0 fully saturated rings. The monoisotopic (exact) mass is 231 g/mol. The van der Waals surface area contributed by atoms with Gasteiger partial charge in [0.2, 0.25) is 0 Å². The van der Waals surface area contributed by atoms with Crippen LogP contribution in [0.3, 0.4) is 0 Å². The van der Waals surface area contributed by atoms with Crippen LogP contribution in [0.25, 0.3) is 11.3 Å². The predicted octanol–water partition coefficient (Wildman–Crippen LogP) is 2.41. The van der Waals surface area contributed by atoms with Gasteiger partial charge in [-0.3, -0.25) is 0 Å². The molecule has 2 aromatic rings. The Labute approximate surface area is 101 Å². The van der Waals surface area contributed by atoms with Gasteiger partial charge in [0.1, 0.15) is 11.4 Å². The summed E-state index contributed by atoms with van der Waals surface area (Å²) < 4.78 is 0. The number of aromatic nitrogens is 3. The maximum atomic E-state index is 9.96. The molecule has 1 N–H and O–H groups in total. The maximum absolute atomic E-state index is 9.96. The normalized spacial score (nSPS) is 12.6. The highest BCUT2D eigenvalue weighted by Gasteiger charge is 2.18. The van der Waals surface area contributed by atoms with Crippen molar-refractivity contribution in [2.75, 3.05) is 0 Å². The average molecular weight is 231 g/mol. The quantitative estimate of drug-likeness (QED) is 0.879. The number of hydrogen-bond donors (Lipinski definition) is 1. The van der Waals surface area contributed by atoms with Crippen molar-refractivity contribution in [3.05, 3.63) is 36.0 Å². The third-order valence-corrected chi connectivity index (χ3v) is 2.71. The molecule has 4 heteroatoms. The summed E-state index contributed by atoms with van der Waals surface area (Å²) in [5.74, 6) is 0. The lowest BCUT2D eigenvalue weighted by atomic mass is 10.1. The Balaban J connectivity index is 2.48. The fourth-order valence-electron chi connectivity index (χ4n) is 1.72. The molecule has 0 amide bonds. The Hall–Kier alpha value is -1.68. The molecule has 0 aliphatic heterocycles. The van der Waals surface area contributed by atoms with Crippen molar-refractivity contribution in [3.63, 3.8) is 0 Å². The van der Waals surface area contributed by atoms with E-state index in [1.165, 1.54) is 0 Å². The van der Waals surface area contributed by atoms with Gasteiger partial charge in [0.15, 0.2) is 0 Å². The number of rotatable bonds is 4. The maximum Gasteiger partial charge on any atom is 0.119 e. The number of aryl methyl sites for hydroxylation is 1. The largest absolute Gasteiger partial charge is 0.387 e. The summed E-state index contributed by atoms with van der Waals surface area (Å²) in [4.78, 5) is 1.62. The number of benzene rings is 1. The summed E-state index contributed by atoms with van der Waals surface area (Å²) >= 11 is 0. The first-order valence-corrected chi connectivity index (χ1v) is 5.94. The zero-order chi connectivity index (χ0) is 12.3. The average Bonchev–Trinajstić information content (AvgIpc) is 2.83. The van der Waals surface area contributed by atoms with Crippen molar-refractivity contribution in [2.24, 2.45) is 0 Å². The van der Waals surface area contributed by atoms with E-state index in [0.29, 0.717) is 18.7 Å². The van der Waals surface area contributed by atoms with E-state index < -0.39 is 6.10 Å². The summed E-state index contributed by atoms with van der Waals surface area (Å²) in [6.07, 6.45) is 0.0907. The van der Waals surface area contributed by atoms with Gasteiger partial charge in [-0.2, -0.15) is 15.0 Å². The molecule has 90 valence electrons. The molecule has 1 aromatic heterocycles. The van der Waals surface area contributed by atoms with Crippen LogP contribution in [0, 0.1) is 0 Å². The molecule has 1 aromatic carbocycles. The van der Waals surface area contributed by atoms with Crippen molar-refractivity contribution in [1.82, 2.24) is 15.0 Å². The zero-order valence-corrected chi connectivity index (χ0v) is 10.2. The van der Waals surface area contributed by atoms with Crippen LogP contribution in [0.15, 0.2) is 30.3 Å². The number of hydrogen-bond acceptors (Lipinski definition) is 3. The number of aliphatic hydroxyl groups is 1. The minimum Gasteiger partial charge on any atom is -0.387 e. The van der Waals surface area contributed by atoms with Gasteiger partial charge in [0.25, 0.3) is 0 Å². The molecular formula is C13H17N3O. The van der Waals surface area contributed by atoms with Crippen LogP contribution in [0.2, 0.25) is 0 Å². The molecule has 2 rings (SSSR count). The Kier molecular flexibility index (Phi) is 3.54. The first-order valence-electron chi connectivity index (χ1n) is 5.94. The lowest BCUT2D eigenvalue weighted by Crippen LogP contribution is -2.01. The fourth-order valence-corrected chi connectivity index (χ4v) is 1.72. The highest BCUT2D eigenvalue weighted by molar-refractivity contribution is 5.61. The summed E-state index contributed by atoms with van der Waals surface area (Å²) in [5.41, 5.74) is 2.44. The van der Waals surface area contributed by atoms with Gasteiger partial charge >= 0.3 is 0 Å². The first kappa shape index (κ1) is 11.8. The number of nitrogens with zero attached hydrogens (tertiary/aromatic N) is 3. The Morgan fingerprint density at radius 3 is 2.47 bits per heavy atom. The standard InChI is InChI=1S/C13H17N3O/c1-3-11(17)13-12(14-16(4-2)15-13)10-8-6-5-7-9-10/h5-9,11,17H,3-4H2,1-2H3. The van der Waals surface area contributed by atoms with E-state index in [1.807, 2.05) is 44.2 Å². The van der Waals surface area contributed by atoms with Gasteiger partial charge in [-0.15, -0.1) is 0 Å². The molecule has 0 saturated heterocycles. The van der Waals surface area contributed by atoms with Gasteiger partial charge in [-0.1, -0.05) is 37.3 Å². The highest BCUT2D eigenvalue weighted by Crippen LogP contribution is 2.26. The molecule has 1 atom stereocenters. The molecular weight excluding hydrogens is 214 g/mol. The van der Waals surface area contributed by atoms with Gasteiger partial charge in [-0.25, -0.2) is 0 Å². The third kappa shape index (κ3) is 2.36. The molecule has 1 heterocycles. The van der Waals surface area contributed by atoms with Crippen molar-refractivity contribution in [3.8, 4) is 11.3 Å². The summed E-state index contributed by atoms with van der Waals surface area (Å²) in [5, 5.41) is 18.7. The minimum atomic E-state index is -0.550. The van der Waals surface area contributed by atoms with Crippen LogP contribution in [-0.2, 0) is 6.54 Å². The predicted molar refractivity (Wildman–Crippen MR) is 66.4 cm³/mol. The van der Waals surface area contributed by atoms with Crippen LogP contribution < -0.4 is 0 Å². The van der Waals surface area contributed by atoms with Gasteiger partial charge < -0.3 is 5.11 Å². The molecule has 17 heavy (non-hydrogen) atoms. The van der Waals surface area contributed by atoms with Crippen LogP contribution in [-0.4, -0.2) is 20.1 Å². The van der Waals surface area contributed by atoms with E-state index in [-0.39, 0.29) is 0 Å². The van der Waals surface area contributed by atoms with E-state index in [1.54, 1.807) is 4.80 Å². The van der Waals surface area contributed by atoms with Crippen LogP contribution in [0.4, 0.5) is 0 Å². The van der Waals surface area contributed by atoms with E-state index in [0.717, 1.165) is 11.3 Å². The van der Waals surface area contributed by atoms with E-state index in [9.17, 15) is 5.11 Å². The second-order valence-corrected chi connectivity index (χ2v) is 3.91. The molecule has 0 saturated carbocycles. The second-order valence-electron chi connectivity index (χ2n) is 3.91. The highest BCUT2D eigenvalue weighted by atomic mass is 16.3. The van der Waals surface area contributed by atoms with Crippen molar-refractivity contribution < 1.29 is 5.11 Å². The Morgan fingerprint density at radius 1 is 1.18 bits per heavy atom. The molecule has 0 radical (unpaired) electrons. The van der Waals surface area contributed by atoms with Gasteiger partial charge in [0.05, 0.1) is 12.6 Å². The summed E-state index contributed by atoms with van der Waals surface area (Å²) in [6, 6.07) is 9.85. The SMILES string of the molecule is CCC(O)c1nn(CC)nc1-c1ccccc1. The van der Waals surface area contributed by atoms with Gasteiger partial charge in [-0.05, 0) is 13.3 Å². The van der Waals surface area contributed by atoms with E-state index >= 15 is 0 Å². The zero-order valence-electron chi connectivity index (χ0n) is 10.2. The van der Waals surface area contributed by atoms with E-state index in [2.05, 4.69) is 10.2 Å². The first-order chi connectivity index (χ1) is 8.26. The van der Waals surface area contributed by atoms with Crippen LogP contribution >= 0.6 is 0 Å². The summed E-state index contributed by atoms with van der Waals surface area (Å²) in [6.45, 7) is 4.62. The minimum absolute atomic E-state index is 0.550. The van der Waals surface area contributed by atoms with E-state index in [4.69, 9.17) is 0 Å². The summed E-state index contributed by atoms with van der Waals surface area (Å²) in [7, 11) is 0. The lowest BCUT2D eigenvalue weighted by molar-refractivity contribution is 0.168. The molecule has 0 bridgehead atoms. The Bertz CT molecular complexity index is 479. The smallest absolute Gasteiger partial charge is 0.119 e. The molecule has 0 spiro atoms. The molecule has 0 aliphatic rings. The molecule has 1 unspecified atom stereocenters. The second kappa shape index (κ2) is 5.10. The van der Waals surface area contributed by atoms with Crippen molar-refractivity contribution in [1.29, 1.82) is 0 Å². The molecule has 4 nitrogen and oxygen atoms in total. The van der Waals surface area contributed by atoms with Crippen LogP contribution in [0.1, 0.15) is 32.1 Å². The topological polar surface area (TPSA) is 50.9 Å². The lowest BCUT2D eigenvalue weighted by Gasteiger charge is -2.05. The van der Waals surface area contributed by atoms with Crippen molar-refractivity contribution >= 4 is 0 Å². The third-order valence-electron chi connectivity index (χ3n) is 2.71. The Morgan fingerprint density at radius 2 is 1.88 bits per heavy atom. The molecule has 0 aliphatic carbocycles. The van der Waals surface area contributed by atoms with Crippen LogP contribution in [0.5, 0.6) is 0 Å².